The molecule has 1 aliphatic rings. The van der Waals surface area contributed by atoms with Crippen molar-refractivity contribution in [2.45, 2.75) is 18.9 Å². The van der Waals surface area contributed by atoms with Crippen LogP contribution in [0, 0.1) is 20.2 Å². The van der Waals surface area contributed by atoms with Crippen molar-refractivity contribution in [3.63, 3.8) is 0 Å². The van der Waals surface area contributed by atoms with Crippen molar-refractivity contribution in [1.82, 2.24) is 4.98 Å². The van der Waals surface area contributed by atoms with Gasteiger partial charge in [0.05, 0.1) is 32.2 Å². The number of fused-ring (bicyclic) bond motifs is 1. The van der Waals surface area contributed by atoms with Gasteiger partial charge in [-0.25, -0.2) is 4.98 Å². The molecule has 1 aromatic heterocycles. The minimum Gasteiger partial charge on any atom is -0.357 e. The Bertz CT molecular complexity index is 986. The van der Waals surface area contributed by atoms with E-state index in [-0.39, 0.29) is 17.4 Å². The summed E-state index contributed by atoms with van der Waals surface area (Å²) in [5.41, 5.74) is 0.795. The Morgan fingerprint density at radius 3 is 2.65 bits per heavy atom. The summed E-state index contributed by atoms with van der Waals surface area (Å²) >= 11 is 1.58. The Balaban J connectivity index is 1.76. The van der Waals surface area contributed by atoms with E-state index in [0.717, 1.165) is 34.1 Å². The van der Waals surface area contributed by atoms with Gasteiger partial charge in [-0.2, -0.15) is 0 Å². The maximum atomic E-state index is 11.5. The third kappa shape index (κ3) is 2.76. The van der Waals surface area contributed by atoms with Crippen LogP contribution in [0.5, 0.6) is 0 Å². The molecule has 0 spiro atoms. The van der Waals surface area contributed by atoms with E-state index in [0.29, 0.717) is 12.2 Å². The molecule has 0 amide bonds. The lowest BCUT2D eigenvalue weighted by Gasteiger charge is -2.24. The molecule has 2 heterocycles. The molecule has 0 bridgehead atoms. The normalized spacial score (nSPS) is 16.9. The zero-order valence-electron chi connectivity index (χ0n) is 13.6. The molecule has 1 saturated heterocycles. The fraction of sp³-hybridized carbons (Fsp3) is 0.235. The molecule has 1 aliphatic heterocycles. The molecule has 9 heteroatoms. The highest BCUT2D eigenvalue weighted by atomic mass is 32.1. The fourth-order valence-electron chi connectivity index (χ4n) is 3.36. The van der Waals surface area contributed by atoms with Crippen LogP contribution in [0.15, 0.2) is 42.5 Å². The lowest BCUT2D eigenvalue weighted by Crippen LogP contribution is -2.23. The van der Waals surface area contributed by atoms with Gasteiger partial charge < -0.3 is 4.90 Å². The van der Waals surface area contributed by atoms with Crippen LogP contribution in [-0.4, -0.2) is 21.4 Å². The van der Waals surface area contributed by atoms with Crippen LogP contribution in [0.1, 0.15) is 23.9 Å². The van der Waals surface area contributed by atoms with Crippen molar-refractivity contribution < 1.29 is 9.85 Å². The predicted octanol–water partition coefficient (Wildman–Crippen LogP) is 4.45. The van der Waals surface area contributed by atoms with Crippen molar-refractivity contribution in [3.05, 3.63) is 67.7 Å². The maximum Gasteiger partial charge on any atom is 0.299 e. The van der Waals surface area contributed by atoms with Crippen molar-refractivity contribution in [1.29, 1.82) is 0 Å². The molecular formula is C17H14N4O4S. The summed E-state index contributed by atoms with van der Waals surface area (Å²) in [6.07, 6.45) is 1.72. The number of rotatable bonds is 4. The van der Waals surface area contributed by atoms with Gasteiger partial charge >= 0.3 is 0 Å². The van der Waals surface area contributed by atoms with Gasteiger partial charge in [-0.3, -0.25) is 20.2 Å². The fourth-order valence-corrected chi connectivity index (χ4v) is 4.47. The highest BCUT2D eigenvalue weighted by Gasteiger charge is 2.33. The first-order chi connectivity index (χ1) is 12.5. The van der Waals surface area contributed by atoms with E-state index < -0.39 is 9.85 Å². The second kappa shape index (κ2) is 6.34. The summed E-state index contributed by atoms with van der Waals surface area (Å²) in [7, 11) is 0. The number of nitro benzene ring substituents is 2. The van der Waals surface area contributed by atoms with Crippen molar-refractivity contribution >= 4 is 38.6 Å². The molecule has 8 nitrogen and oxygen atoms in total. The van der Waals surface area contributed by atoms with Crippen LogP contribution in [-0.2, 0) is 0 Å². The van der Waals surface area contributed by atoms with Gasteiger partial charge in [0.25, 0.3) is 11.4 Å². The molecule has 0 N–H and O–H groups in total. The second-order valence-corrected chi connectivity index (χ2v) is 7.12. The second-order valence-electron chi connectivity index (χ2n) is 6.06. The number of benzene rings is 2. The van der Waals surface area contributed by atoms with Crippen LogP contribution >= 0.6 is 11.3 Å². The molecular weight excluding hydrogens is 356 g/mol. The monoisotopic (exact) mass is 370 g/mol. The lowest BCUT2D eigenvalue weighted by molar-refractivity contribution is -0.393. The molecule has 0 aliphatic carbocycles. The summed E-state index contributed by atoms with van der Waals surface area (Å²) in [5.74, 6) is 0. The largest absolute Gasteiger partial charge is 0.357 e. The van der Waals surface area contributed by atoms with Crippen molar-refractivity contribution in [2.24, 2.45) is 0 Å². The number of para-hydroxylation sites is 1. The lowest BCUT2D eigenvalue weighted by atomic mass is 10.2. The molecule has 3 aromatic rings. The van der Waals surface area contributed by atoms with E-state index >= 15 is 0 Å². The SMILES string of the molecule is O=[N+]([O-])c1ccc(N2CCC[C@H]2c2nc3ccccc3s2)c([N+](=O)[O-])c1. The molecule has 26 heavy (non-hydrogen) atoms. The number of non-ortho nitro benzene ring substituents is 1. The Morgan fingerprint density at radius 1 is 1.12 bits per heavy atom. The molecule has 1 fully saturated rings. The minimum atomic E-state index is -0.619. The number of aromatic nitrogens is 1. The van der Waals surface area contributed by atoms with E-state index in [1.165, 1.54) is 12.1 Å². The number of nitrogens with zero attached hydrogens (tertiary/aromatic N) is 4. The van der Waals surface area contributed by atoms with Crippen LogP contribution in [0.3, 0.4) is 0 Å². The Kier molecular flexibility index (Phi) is 4.00. The van der Waals surface area contributed by atoms with Crippen molar-refractivity contribution in [3.8, 4) is 0 Å². The summed E-state index contributed by atoms with van der Waals surface area (Å²) in [6.45, 7) is 0.652. The number of hydrogen-bond donors (Lipinski definition) is 0. The molecule has 0 radical (unpaired) electrons. The quantitative estimate of drug-likeness (QED) is 0.496. The topological polar surface area (TPSA) is 102 Å². The van der Waals surface area contributed by atoms with Gasteiger partial charge in [-0.05, 0) is 31.0 Å². The van der Waals surface area contributed by atoms with Gasteiger partial charge in [0.2, 0.25) is 0 Å². The minimum absolute atomic E-state index is 0.0624. The van der Waals surface area contributed by atoms with Gasteiger partial charge in [-0.1, -0.05) is 12.1 Å². The average molecular weight is 370 g/mol. The first-order valence-corrected chi connectivity index (χ1v) is 8.91. The number of hydrogen-bond acceptors (Lipinski definition) is 7. The van der Waals surface area contributed by atoms with E-state index in [1.807, 2.05) is 29.2 Å². The summed E-state index contributed by atoms with van der Waals surface area (Å²) in [4.78, 5) is 27.9. The molecule has 2 aromatic carbocycles. The zero-order chi connectivity index (χ0) is 18.3. The van der Waals surface area contributed by atoms with Crippen LogP contribution in [0.25, 0.3) is 10.2 Å². The highest BCUT2D eigenvalue weighted by molar-refractivity contribution is 7.18. The van der Waals surface area contributed by atoms with E-state index in [1.54, 1.807) is 11.3 Å². The highest BCUT2D eigenvalue weighted by Crippen LogP contribution is 2.43. The molecule has 4 rings (SSSR count). The predicted molar refractivity (Wildman–Crippen MR) is 98.7 cm³/mol. The van der Waals surface area contributed by atoms with Crippen molar-refractivity contribution in [2.75, 3.05) is 11.4 Å². The van der Waals surface area contributed by atoms with E-state index in [4.69, 9.17) is 0 Å². The summed E-state index contributed by atoms with van der Waals surface area (Å²) in [6, 6.07) is 11.6. The Hall–Kier alpha value is -3.07. The zero-order valence-corrected chi connectivity index (χ0v) is 14.4. The van der Waals surface area contributed by atoms with E-state index in [9.17, 15) is 20.2 Å². The first kappa shape index (κ1) is 16.4. The Morgan fingerprint density at radius 2 is 1.92 bits per heavy atom. The summed E-state index contributed by atoms with van der Waals surface area (Å²) in [5, 5.41) is 23.3. The number of thiazole rings is 1. The number of anilines is 1. The Labute approximate surface area is 152 Å². The van der Waals surface area contributed by atoms with Crippen LogP contribution in [0.4, 0.5) is 17.1 Å². The third-order valence-electron chi connectivity index (χ3n) is 4.52. The van der Waals surface area contributed by atoms with Crippen LogP contribution in [0.2, 0.25) is 0 Å². The average Bonchev–Trinajstić information content (AvgIpc) is 3.27. The van der Waals surface area contributed by atoms with E-state index in [2.05, 4.69) is 4.98 Å². The van der Waals surface area contributed by atoms with Gasteiger partial charge in [0.1, 0.15) is 10.7 Å². The summed E-state index contributed by atoms with van der Waals surface area (Å²) < 4.78 is 1.08. The molecule has 0 saturated carbocycles. The van der Waals surface area contributed by atoms with Gasteiger partial charge in [-0.15, -0.1) is 11.3 Å². The number of nitro groups is 2. The molecule has 132 valence electrons. The van der Waals surface area contributed by atoms with Gasteiger partial charge in [0, 0.05) is 12.6 Å². The third-order valence-corrected chi connectivity index (χ3v) is 5.66. The van der Waals surface area contributed by atoms with Gasteiger partial charge in [0.15, 0.2) is 0 Å². The maximum absolute atomic E-state index is 11.5. The molecule has 0 unspecified atom stereocenters. The molecule has 1 atom stereocenters. The first-order valence-electron chi connectivity index (χ1n) is 8.09. The smallest absolute Gasteiger partial charge is 0.299 e. The standard InChI is InChI=1S/C17H14N4O4S/c22-20(23)11-7-8-13(15(10-11)21(24)25)19-9-3-5-14(19)17-18-12-4-1-2-6-16(12)26-17/h1-2,4,6-8,10,14H,3,5,9H2/t14-/m0/s1. The van der Waals surface area contributed by atoms with Crippen LogP contribution < -0.4 is 4.90 Å².